The molecule has 598 valence electrons. The summed E-state index contributed by atoms with van der Waals surface area (Å²) in [6, 6.07) is 12.9. The summed E-state index contributed by atoms with van der Waals surface area (Å²) >= 11 is 5.89. The van der Waals surface area contributed by atoms with Crippen LogP contribution in [0.15, 0.2) is 43.0 Å². The van der Waals surface area contributed by atoms with Crippen LogP contribution in [0.4, 0.5) is 4.79 Å². The van der Waals surface area contributed by atoms with Gasteiger partial charge in [0.05, 0.1) is 103 Å². The zero-order chi connectivity index (χ0) is 76.1. The molecule has 1 aromatic carbocycles. The van der Waals surface area contributed by atoms with Crippen molar-refractivity contribution < 1.29 is 96.1 Å². The number of nitrogens with zero attached hydrogens (tertiary/aromatic N) is 6. The number of hydrogen-bond acceptors (Lipinski definition) is 30. The van der Waals surface area contributed by atoms with Gasteiger partial charge < -0.3 is 104 Å². The van der Waals surface area contributed by atoms with Gasteiger partial charge >= 0.3 is 6.09 Å². The summed E-state index contributed by atoms with van der Waals surface area (Å²) in [6.45, 7) is 22.0. The molecule has 15 heterocycles. The van der Waals surface area contributed by atoms with Crippen molar-refractivity contribution in [3.63, 3.8) is 0 Å². The number of ketones is 3. The Kier molecular flexibility index (Phi) is 35.4. The first-order chi connectivity index (χ1) is 51.6. The van der Waals surface area contributed by atoms with E-state index in [9.17, 15) is 29.1 Å². The number of aliphatic hydroxyl groups is 3. The Labute approximate surface area is 633 Å². The molecule has 0 spiro atoms. The monoisotopic (exact) mass is 1530 g/mol. The van der Waals surface area contributed by atoms with Crippen LogP contribution in [0.5, 0.6) is 17.6 Å². The number of aliphatic hydroxyl groups excluding tert-OH is 3. The third-order valence-corrected chi connectivity index (χ3v) is 20.3. The second kappa shape index (κ2) is 44.4. The first-order valence-corrected chi connectivity index (χ1v) is 38.4. The number of nitrogens with one attached hydrogen (secondary N) is 5. The normalized spacial score (nSPS) is 30.1. The van der Waals surface area contributed by atoms with Gasteiger partial charge in [0.2, 0.25) is 17.6 Å². The molecule has 0 radical (unpaired) electrons. The molecule has 13 aliphatic rings. The molecule has 2 aromatic heterocycles. The van der Waals surface area contributed by atoms with E-state index in [4.69, 9.17) is 64.4 Å². The number of ether oxygens (including phenoxy) is 12. The van der Waals surface area contributed by atoms with Gasteiger partial charge in [0.25, 0.3) is 0 Å². The highest BCUT2D eigenvalue weighted by atomic mass is 35.5. The molecule has 13 aliphatic heterocycles. The summed E-state index contributed by atoms with van der Waals surface area (Å²) in [7, 11) is 1.50. The van der Waals surface area contributed by atoms with E-state index in [-0.39, 0.29) is 81.3 Å². The average molecular weight is 1530 g/mol. The molecule has 0 aliphatic carbocycles. The molecule has 31 nitrogen and oxygen atoms in total. The lowest BCUT2D eigenvalue weighted by Crippen LogP contribution is -2.61. The molecule has 13 fully saturated rings. The van der Waals surface area contributed by atoms with Crippen LogP contribution in [0.25, 0.3) is 0 Å². The van der Waals surface area contributed by atoms with Gasteiger partial charge in [-0.15, -0.1) is 0 Å². The van der Waals surface area contributed by atoms with Crippen molar-refractivity contribution in [3.05, 3.63) is 64.8 Å². The van der Waals surface area contributed by atoms with E-state index in [2.05, 4.69) is 89.9 Å². The number of aromatic nitrogens is 4. The van der Waals surface area contributed by atoms with Crippen molar-refractivity contribution >= 4 is 41.3 Å². The number of Topliss-reactive ketones (excluding diaryl/α,β-unsaturated/α-hetero) is 3. The van der Waals surface area contributed by atoms with E-state index < -0.39 is 17.8 Å². The maximum atomic E-state index is 12.7. The third kappa shape index (κ3) is 28.9. The van der Waals surface area contributed by atoms with Gasteiger partial charge in [0, 0.05) is 119 Å². The number of fused-ring (bicyclic) bond motifs is 10. The number of carbonyl (C=O) groups is 5. The highest BCUT2D eigenvalue weighted by Gasteiger charge is 2.45. The third-order valence-electron chi connectivity index (χ3n) is 19.9. The van der Waals surface area contributed by atoms with Crippen molar-refractivity contribution in [2.24, 2.45) is 0 Å². The van der Waals surface area contributed by atoms with Crippen LogP contribution in [0.2, 0.25) is 5.15 Å². The van der Waals surface area contributed by atoms with Crippen molar-refractivity contribution in [2.45, 2.75) is 234 Å². The van der Waals surface area contributed by atoms with Crippen molar-refractivity contribution in [3.8, 4) is 17.6 Å². The topological polar surface area (TPSA) is 375 Å². The largest absolute Gasteiger partial charge is 0.474 e. The van der Waals surface area contributed by atoms with E-state index in [0.717, 1.165) is 95.6 Å². The smallest absolute Gasteiger partial charge is 0.410 e. The number of rotatable bonds is 12. The Bertz CT molecular complexity index is 3060. The van der Waals surface area contributed by atoms with Crippen molar-refractivity contribution in [2.75, 3.05) is 126 Å². The lowest BCUT2D eigenvalue weighted by atomic mass is 9.92. The van der Waals surface area contributed by atoms with Gasteiger partial charge in [0.1, 0.15) is 91.0 Å². The SMILES string of the molecule is COCOCC=O.Cc1c(Cl)ncnc1OC1CCNCC1.Cc1c(OC2CCNCC2)ncnc1OC1CC2COCC(C1)N2C(=O)OC(C)(C)C.O=C1CC2COCC(C1)N2.O=C1CC2COCC(C1)N2.O=C1CC2COCC(C1)N2Cc1ccccc1.OC1CC2COCC(C1)N2.OC1COCC1O. The predicted molar refractivity (Wildman–Crippen MR) is 391 cm³/mol. The maximum Gasteiger partial charge on any atom is 0.410 e. The lowest BCUT2D eigenvalue weighted by Gasteiger charge is -2.47. The molecule has 10 bridgehead atoms. The summed E-state index contributed by atoms with van der Waals surface area (Å²) in [5, 5.41) is 43.7. The van der Waals surface area contributed by atoms with E-state index in [1.807, 2.05) is 45.6 Å². The molecule has 32 heteroatoms. The van der Waals surface area contributed by atoms with Crippen LogP contribution in [-0.2, 0) is 68.4 Å². The molecule has 13 saturated heterocycles. The fourth-order valence-corrected chi connectivity index (χ4v) is 14.9. The molecule has 12 atom stereocenters. The molecule has 107 heavy (non-hydrogen) atoms. The number of benzene rings is 1. The summed E-state index contributed by atoms with van der Waals surface area (Å²) in [5.41, 5.74) is 2.43. The quantitative estimate of drug-likeness (QED) is 0.0559. The first-order valence-electron chi connectivity index (χ1n) is 38.0. The van der Waals surface area contributed by atoms with Crippen LogP contribution in [0.1, 0.15) is 127 Å². The number of methoxy groups -OCH3 is 1. The number of piperidine rings is 7. The molecule has 16 rings (SSSR count). The second-order valence-electron chi connectivity index (χ2n) is 30.2. The van der Waals surface area contributed by atoms with Gasteiger partial charge in [-0.05, 0) is 105 Å². The zero-order valence-electron chi connectivity index (χ0n) is 63.0. The fraction of sp³-hybridized carbons (Fsp3) is 0.747. The van der Waals surface area contributed by atoms with E-state index >= 15 is 0 Å². The predicted octanol–water partition coefficient (Wildman–Crippen LogP) is 3.10. The summed E-state index contributed by atoms with van der Waals surface area (Å²) in [6.07, 6.45) is 13.3. The fourth-order valence-electron chi connectivity index (χ4n) is 14.7. The van der Waals surface area contributed by atoms with Crippen molar-refractivity contribution in [1.82, 2.24) is 56.3 Å². The molecule has 3 aromatic rings. The number of morpholine rings is 5. The van der Waals surface area contributed by atoms with Crippen LogP contribution >= 0.6 is 11.6 Å². The van der Waals surface area contributed by atoms with Gasteiger partial charge in [-0.1, -0.05) is 41.9 Å². The Hall–Kier alpha value is -5.66. The molecular formula is C75H116ClN11O20. The minimum Gasteiger partial charge on any atom is -0.474 e. The molecule has 1 amide bonds. The Balaban J connectivity index is 0.000000150. The van der Waals surface area contributed by atoms with Crippen LogP contribution in [-0.4, -0.2) is 303 Å². The Morgan fingerprint density at radius 2 is 0.963 bits per heavy atom. The minimum atomic E-state index is -0.653. The molecular weight excluding hydrogens is 1410 g/mol. The van der Waals surface area contributed by atoms with Crippen molar-refractivity contribution in [1.29, 1.82) is 0 Å². The highest BCUT2D eigenvalue weighted by molar-refractivity contribution is 6.30. The summed E-state index contributed by atoms with van der Waals surface area (Å²) in [4.78, 5) is 76.8. The first kappa shape index (κ1) is 85.3. The Morgan fingerprint density at radius 1 is 0.551 bits per heavy atom. The van der Waals surface area contributed by atoms with E-state index in [0.29, 0.717) is 187 Å². The molecule has 0 saturated carbocycles. The van der Waals surface area contributed by atoms with Crippen LogP contribution in [0, 0.1) is 13.8 Å². The zero-order valence-corrected chi connectivity index (χ0v) is 63.8. The Morgan fingerprint density at radius 3 is 1.41 bits per heavy atom. The summed E-state index contributed by atoms with van der Waals surface area (Å²) < 4.78 is 64.6. The lowest BCUT2D eigenvalue weighted by molar-refractivity contribution is -0.136. The van der Waals surface area contributed by atoms with Gasteiger partial charge in [0.15, 0.2) is 0 Å². The van der Waals surface area contributed by atoms with E-state index in [1.54, 1.807) is 0 Å². The summed E-state index contributed by atoms with van der Waals surface area (Å²) in [5.74, 6) is 2.92. The minimum absolute atomic E-state index is 0.0575. The number of hydrogen-bond donors (Lipinski definition) is 8. The number of aldehydes is 1. The standard InChI is InChI=1S/C22H34N4O5.C14H17NO2.C10H14ClN3O.C7H13NO2.2C7H11NO2.2C4H8O3/c1-14-19(29-17-5-7-23-8-6-17)24-13-25-20(14)30-18-9-15-11-28-12-16(10-18)26(15)21(27)31-22(2,3)4;16-14-6-12-9-17-10-13(7-14)15(12)8-11-4-2-1-3-5-11;1-7-9(11)13-6-14-10(7)15-8-2-4-12-5-3-8;3*9-7-1-5-3-10-4-6(2-7)8-5;5-3-1-7-2-4(3)6;1-6-4-7-3-2-5/h13,15-18,23H,5-12H2,1-4H3;1-5,12-13H,6-10H2;6,8,12H,2-5H2,1H3;5-9H,1-4H2;2*5-6,8H,1-4H2;3-6H,1-2H2;2H,3-4H2,1H3. The second-order valence-corrected chi connectivity index (χ2v) is 30.5. The number of carbonyl (C=O) groups excluding carboxylic acids is 5. The average Bonchev–Trinajstić information content (AvgIpc) is 1.03. The van der Waals surface area contributed by atoms with Gasteiger partial charge in [-0.2, -0.15) is 0 Å². The number of amides is 1. The maximum absolute atomic E-state index is 12.7. The molecule has 12 unspecified atom stereocenters. The van der Waals surface area contributed by atoms with Crippen LogP contribution < -0.4 is 40.8 Å². The highest BCUT2D eigenvalue weighted by Crippen LogP contribution is 2.35. The van der Waals surface area contributed by atoms with Crippen LogP contribution in [0.3, 0.4) is 0 Å². The van der Waals surface area contributed by atoms with Gasteiger partial charge in [-0.25, -0.2) is 24.7 Å². The van der Waals surface area contributed by atoms with E-state index in [1.165, 1.54) is 25.3 Å². The number of halogens is 1. The van der Waals surface area contributed by atoms with Gasteiger partial charge in [-0.3, -0.25) is 24.2 Å². The molecule has 8 N–H and O–H groups in total.